The first-order valence-corrected chi connectivity index (χ1v) is 6.11. The lowest BCUT2D eigenvalue weighted by molar-refractivity contribution is -0.0386. The van der Waals surface area contributed by atoms with E-state index in [9.17, 15) is 10.2 Å². The summed E-state index contributed by atoms with van der Waals surface area (Å²) in [6.45, 7) is -0.369. The first-order valence-electron chi connectivity index (χ1n) is 6.11. The van der Waals surface area contributed by atoms with Crippen LogP contribution in [0, 0.1) is 11.3 Å². The fraction of sp³-hybridized carbons (Fsp3) is 0.417. The average molecular weight is 275 g/mol. The Morgan fingerprint density at radius 2 is 2.45 bits per heavy atom. The first-order chi connectivity index (χ1) is 9.60. The molecular weight excluding hydrogens is 262 g/mol. The monoisotopic (exact) mass is 275 g/mol. The number of anilines is 1. The number of hydrogen-bond donors (Lipinski definition) is 3. The molecule has 0 bridgehead atoms. The quantitative estimate of drug-likeness (QED) is 0.709. The van der Waals surface area contributed by atoms with Gasteiger partial charge in [0, 0.05) is 6.07 Å². The van der Waals surface area contributed by atoms with Crippen LogP contribution >= 0.6 is 0 Å². The largest absolute Gasteiger partial charge is 0.505 e. The highest BCUT2D eigenvalue weighted by Crippen LogP contribution is 2.41. The molecule has 1 saturated heterocycles. The predicted octanol–water partition coefficient (Wildman–Crippen LogP) is 0.123. The molecule has 8 nitrogen and oxygen atoms in total. The van der Waals surface area contributed by atoms with E-state index in [1.807, 2.05) is 6.07 Å². The van der Waals surface area contributed by atoms with Gasteiger partial charge in [-0.3, -0.25) is 0 Å². The van der Waals surface area contributed by atoms with Crippen molar-refractivity contribution in [2.45, 2.75) is 24.5 Å². The minimum atomic E-state index is -1.19. The van der Waals surface area contributed by atoms with Gasteiger partial charge in [-0.2, -0.15) is 10.4 Å². The lowest BCUT2D eigenvalue weighted by Crippen LogP contribution is -2.30. The van der Waals surface area contributed by atoms with Gasteiger partial charge in [0.2, 0.25) is 0 Å². The smallest absolute Gasteiger partial charge is 0.177 e. The lowest BCUT2D eigenvalue weighted by atomic mass is 10.0. The number of nitrogens with zero attached hydrogens (tertiary/aromatic N) is 4. The van der Waals surface area contributed by atoms with E-state index in [4.69, 9.17) is 15.7 Å². The van der Waals surface area contributed by atoms with Gasteiger partial charge in [0.25, 0.3) is 0 Å². The highest BCUT2D eigenvalue weighted by molar-refractivity contribution is 5.74. The maximum absolute atomic E-state index is 9.93. The molecule has 0 saturated carbocycles. The van der Waals surface area contributed by atoms with Crippen molar-refractivity contribution in [1.82, 2.24) is 14.6 Å². The molecule has 2 atom stereocenters. The molecule has 104 valence electrons. The third-order valence-corrected chi connectivity index (χ3v) is 3.56. The van der Waals surface area contributed by atoms with Crippen molar-refractivity contribution in [3.63, 3.8) is 0 Å². The number of aliphatic hydroxyl groups excluding tert-OH is 1. The van der Waals surface area contributed by atoms with Crippen LogP contribution in [-0.2, 0) is 4.74 Å². The van der Waals surface area contributed by atoms with Gasteiger partial charge in [0.05, 0.1) is 12.3 Å². The van der Waals surface area contributed by atoms with Crippen molar-refractivity contribution in [3.8, 4) is 11.8 Å². The average Bonchev–Trinajstić information content (AvgIpc) is 3.02. The molecule has 0 aromatic carbocycles. The molecule has 4 N–H and O–H groups in total. The number of nitriles is 1. The normalized spacial score (nSPS) is 25.9. The fourth-order valence-corrected chi connectivity index (χ4v) is 2.50. The van der Waals surface area contributed by atoms with E-state index in [2.05, 4.69) is 10.1 Å². The van der Waals surface area contributed by atoms with Crippen LogP contribution in [0.1, 0.15) is 24.6 Å². The zero-order chi connectivity index (χ0) is 14.3. The van der Waals surface area contributed by atoms with Gasteiger partial charge in [0.1, 0.15) is 29.8 Å². The lowest BCUT2D eigenvalue weighted by Gasteiger charge is -2.18. The summed E-state index contributed by atoms with van der Waals surface area (Å²) in [5.74, 6) is 0.121. The van der Waals surface area contributed by atoms with Gasteiger partial charge in [-0.1, -0.05) is 0 Å². The van der Waals surface area contributed by atoms with Crippen LogP contribution in [0.25, 0.3) is 5.52 Å². The second-order valence-corrected chi connectivity index (χ2v) is 4.77. The Kier molecular flexibility index (Phi) is 2.74. The zero-order valence-corrected chi connectivity index (χ0v) is 10.5. The van der Waals surface area contributed by atoms with Crippen LogP contribution in [0.2, 0.25) is 0 Å². The SMILES string of the molecule is N#CC1(CO)CCC(c2cc(O)c3c(N)ncnn23)O1. The summed E-state index contributed by atoms with van der Waals surface area (Å²) in [6, 6.07) is 3.49. The van der Waals surface area contributed by atoms with Gasteiger partial charge in [-0.25, -0.2) is 9.50 Å². The summed E-state index contributed by atoms with van der Waals surface area (Å²) in [5, 5.41) is 32.4. The summed E-state index contributed by atoms with van der Waals surface area (Å²) < 4.78 is 7.10. The minimum Gasteiger partial charge on any atom is -0.505 e. The van der Waals surface area contributed by atoms with Crippen LogP contribution < -0.4 is 5.73 Å². The van der Waals surface area contributed by atoms with E-state index < -0.39 is 11.7 Å². The van der Waals surface area contributed by atoms with Crippen molar-refractivity contribution < 1.29 is 14.9 Å². The van der Waals surface area contributed by atoms with Gasteiger partial charge < -0.3 is 20.7 Å². The molecule has 2 aromatic heterocycles. The number of aromatic nitrogens is 3. The molecule has 2 aromatic rings. The first kappa shape index (κ1) is 12.7. The minimum absolute atomic E-state index is 0.0415. The summed E-state index contributed by atoms with van der Waals surface area (Å²) in [7, 11) is 0. The second kappa shape index (κ2) is 4.33. The summed E-state index contributed by atoms with van der Waals surface area (Å²) in [6.07, 6.45) is 1.80. The molecule has 0 amide bonds. The Morgan fingerprint density at radius 3 is 3.10 bits per heavy atom. The molecule has 8 heteroatoms. The van der Waals surface area contributed by atoms with E-state index in [0.29, 0.717) is 24.1 Å². The summed E-state index contributed by atoms with van der Waals surface area (Å²) in [5.41, 5.74) is 5.41. The van der Waals surface area contributed by atoms with Crippen LogP contribution in [0.3, 0.4) is 0 Å². The number of aliphatic hydroxyl groups is 1. The Labute approximate surface area is 114 Å². The zero-order valence-electron chi connectivity index (χ0n) is 10.5. The molecule has 2 unspecified atom stereocenters. The predicted molar refractivity (Wildman–Crippen MR) is 67.6 cm³/mol. The fourth-order valence-electron chi connectivity index (χ4n) is 2.50. The Balaban J connectivity index is 2.05. The number of nitrogen functional groups attached to an aromatic ring is 1. The third-order valence-electron chi connectivity index (χ3n) is 3.56. The van der Waals surface area contributed by atoms with Crippen LogP contribution in [0.15, 0.2) is 12.4 Å². The van der Waals surface area contributed by atoms with E-state index in [-0.39, 0.29) is 18.2 Å². The van der Waals surface area contributed by atoms with E-state index in [1.165, 1.54) is 16.9 Å². The van der Waals surface area contributed by atoms with E-state index in [1.54, 1.807) is 0 Å². The van der Waals surface area contributed by atoms with Crippen LogP contribution in [0.4, 0.5) is 5.82 Å². The molecular formula is C12H13N5O3. The van der Waals surface area contributed by atoms with E-state index in [0.717, 1.165) is 0 Å². The van der Waals surface area contributed by atoms with Crippen molar-refractivity contribution >= 4 is 11.3 Å². The van der Waals surface area contributed by atoms with Gasteiger partial charge >= 0.3 is 0 Å². The molecule has 0 aliphatic carbocycles. The maximum atomic E-state index is 9.93. The van der Waals surface area contributed by atoms with Crippen molar-refractivity contribution in [3.05, 3.63) is 18.1 Å². The molecule has 0 spiro atoms. The summed E-state index contributed by atoms with van der Waals surface area (Å²) >= 11 is 0. The molecule has 1 fully saturated rings. The highest BCUT2D eigenvalue weighted by atomic mass is 16.5. The topological polar surface area (TPSA) is 130 Å². The highest BCUT2D eigenvalue weighted by Gasteiger charge is 2.42. The van der Waals surface area contributed by atoms with Gasteiger partial charge in [-0.05, 0) is 12.8 Å². The van der Waals surface area contributed by atoms with Crippen LogP contribution in [-0.4, -0.2) is 37.0 Å². The number of aromatic hydroxyl groups is 1. The maximum Gasteiger partial charge on any atom is 0.177 e. The molecule has 1 aliphatic heterocycles. The molecule has 3 heterocycles. The van der Waals surface area contributed by atoms with Crippen molar-refractivity contribution in [1.29, 1.82) is 5.26 Å². The number of ether oxygens (including phenoxy) is 1. The second-order valence-electron chi connectivity index (χ2n) is 4.77. The Hall–Kier alpha value is -2.37. The summed E-state index contributed by atoms with van der Waals surface area (Å²) in [4.78, 5) is 3.82. The number of hydrogen-bond acceptors (Lipinski definition) is 7. The Bertz CT molecular complexity index is 707. The van der Waals surface area contributed by atoms with Gasteiger partial charge in [0.15, 0.2) is 11.4 Å². The Morgan fingerprint density at radius 1 is 1.65 bits per heavy atom. The molecule has 1 aliphatic rings. The molecule has 20 heavy (non-hydrogen) atoms. The standard InChI is InChI=1S/C12H13N5O3/c13-4-12(5-18)2-1-9(20-12)7-3-8(19)10-11(14)15-6-16-17(7)10/h3,6,9,18-19H,1-2,5H2,(H2,14,15,16). The number of nitrogens with two attached hydrogens (primary N) is 1. The third kappa shape index (κ3) is 1.68. The van der Waals surface area contributed by atoms with Crippen molar-refractivity contribution in [2.24, 2.45) is 0 Å². The van der Waals surface area contributed by atoms with E-state index >= 15 is 0 Å². The molecule has 3 rings (SSSR count). The number of fused-ring (bicyclic) bond motifs is 1. The van der Waals surface area contributed by atoms with Crippen molar-refractivity contribution in [2.75, 3.05) is 12.3 Å². The van der Waals surface area contributed by atoms with Gasteiger partial charge in [-0.15, -0.1) is 0 Å². The molecule has 0 radical (unpaired) electrons. The van der Waals surface area contributed by atoms with Crippen LogP contribution in [0.5, 0.6) is 5.75 Å². The number of rotatable bonds is 2.